The number of aryl methyl sites for hydroxylation is 1. The predicted octanol–water partition coefficient (Wildman–Crippen LogP) is 1.40. The topological polar surface area (TPSA) is 56.1 Å². The van der Waals surface area contributed by atoms with E-state index in [0.717, 1.165) is 16.9 Å². The Bertz CT molecular complexity index is 562. The first-order valence-electron chi connectivity index (χ1n) is 5.83. The second kappa shape index (κ2) is 5.18. The smallest absolute Gasteiger partial charge is 0.246 e. The van der Waals surface area contributed by atoms with Crippen molar-refractivity contribution in [3.63, 3.8) is 0 Å². The molecule has 0 aliphatic heterocycles. The molecule has 0 aliphatic rings. The average Bonchev–Trinajstić information content (AvgIpc) is 2.68. The Morgan fingerprint density at radius 1 is 1.50 bits per heavy atom. The number of ether oxygens (including phenoxy) is 1. The van der Waals surface area contributed by atoms with Gasteiger partial charge in [-0.05, 0) is 19.1 Å². The molecule has 0 fully saturated rings. The zero-order valence-corrected chi connectivity index (χ0v) is 10.8. The van der Waals surface area contributed by atoms with Crippen LogP contribution >= 0.6 is 0 Å². The number of carbonyl (C=O) groups excluding carboxylic acids is 1. The molecule has 1 amide bonds. The molecule has 96 valence electrons. The minimum atomic E-state index is -0.148. The van der Waals surface area contributed by atoms with E-state index >= 15 is 0 Å². The highest BCUT2D eigenvalue weighted by molar-refractivity contribution is 5.78. The standard InChI is InChI=1S/C13H17N3O2/c1-9(14-12(17)8-18-3)13-15-10-6-4-5-7-11(10)16(13)2/h4-7,9H,8H2,1-3H3,(H,14,17)/t9-/m1/s1. The Morgan fingerprint density at radius 3 is 2.89 bits per heavy atom. The number of para-hydroxylation sites is 2. The highest BCUT2D eigenvalue weighted by Crippen LogP contribution is 2.18. The number of methoxy groups -OCH3 is 1. The first-order valence-corrected chi connectivity index (χ1v) is 5.83. The van der Waals surface area contributed by atoms with Crippen molar-refractivity contribution in [1.82, 2.24) is 14.9 Å². The molecule has 1 N–H and O–H groups in total. The zero-order valence-electron chi connectivity index (χ0n) is 10.8. The highest BCUT2D eigenvalue weighted by Gasteiger charge is 2.15. The van der Waals surface area contributed by atoms with Crippen LogP contribution in [0.5, 0.6) is 0 Å². The second-order valence-electron chi connectivity index (χ2n) is 4.24. The van der Waals surface area contributed by atoms with Gasteiger partial charge in [-0.1, -0.05) is 12.1 Å². The summed E-state index contributed by atoms with van der Waals surface area (Å²) in [5.41, 5.74) is 1.99. The lowest BCUT2D eigenvalue weighted by molar-refractivity contribution is -0.125. The van der Waals surface area contributed by atoms with Crippen molar-refractivity contribution in [1.29, 1.82) is 0 Å². The molecule has 0 radical (unpaired) electrons. The Morgan fingerprint density at radius 2 is 2.22 bits per heavy atom. The summed E-state index contributed by atoms with van der Waals surface area (Å²) in [5, 5.41) is 2.85. The van der Waals surface area contributed by atoms with E-state index in [1.165, 1.54) is 7.11 Å². The van der Waals surface area contributed by atoms with Crippen LogP contribution in [0.2, 0.25) is 0 Å². The quantitative estimate of drug-likeness (QED) is 0.888. The van der Waals surface area contributed by atoms with Crippen molar-refractivity contribution in [3.8, 4) is 0 Å². The largest absolute Gasteiger partial charge is 0.375 e. The van der Waals surface area contributed by atoms with Gasteiger partial charge in [-0.15, -0.1) is 0 Å². The molecule has 1 heterocycles. The van der Waals surface area contributed by atoms with Gasteiger partial charge in [-0.2, -0.15) is 0 Å². The first kappa shape index (κ1) is 12.6. The number of hydrogen-bond acceptors (Lipinski definition) is 3. The number of nitrogens with zero attached hydrogens (tertiary/aromatic N) is 2. The summed E-state index contributed by atoms with van der Waals surface area (Å²) in [6.07, 6.45) is 0. The summed E-state index contributed by atoms with van der Waals surface area (Å²) in [5.74, 6) is 0.692. The minimum Gasteiger partial charge on any atom is -0.375 e. The molecule has 1 atom stereocenters. The molecule has 1 aromatic heterocycles. The lowest BCUT2D eigenvalue weighted by atomic mass is 10.3. The van der Waals surface area contributed by atoms with Crippen LogP contribution in [-0.4, -0.2) is 29.2 Å². The summed E-state index contributed by atoms with van der Waals surface area (Å²) >= 11 is 0. The molecular weight excluding hydrogens is 230 g/mol. The van der Waals surface area contributed by atoms with Crippen LogP contribution in [0.25, 0.3) is 11.0 Å². The number of benzene rings is 1. The van der Waals surface area contributed by atoms with Crippen molar-refractivity contribution in [3.05, 3.63) is 30.1 Å². The first-order chi connectivity index (χ1) is 8.63. The maximum Gasteiger partial charge on any atom is 0.246 e. The summed E-state index contributed by atoms with van der Waals surface area (Å²) in [6.45, 7) is 1.98. The summed E-state index contributed by atoms with van der Waals surface area (Å²) in [7, 11) is 3.45. The molecule has 0 saturated heterocycles. The zero-order chi connectivity index (χ0) is 13.1. The number of carbonyl (C=O) groups is 1. The molecule has 0 bridgehead atoms. The lowest BCUT2D eigenvalue weighted by Gasteiger charge is -2.13. The van der Waals surface area contributed by atoms with E-state index in [-0.39, 0.29) is 18.6 Å². The maximum absolute atomic E-state index is 11.5. The Hall–Kier alpha value is -1.88. The van der Waals surface area contributed by atoms with Crippen LogP contribution in [0.15, 0.2) is 24.3 Å². The van der Waals surface area contributed by atoms with Gasteiger partial charge in [0.05, 0.1) is 17.1 Å². The molecule has 18 heavy (non-hydrogen) atoms. The van der Waals surface area contributed by atoms with Crippen molar-refractivity contribution in [2.75, 3.05) is 13.7 Å². The average molecular weight is 247 g/mol. The number of rotatable bonds is 4. The minimum absolute atomic E-state index is 0.0638. The number of hydrogen-bond donors (Lipinski definition) is 1. The number of aromatic nitrogens is 2. The molecular formula is C13H17N3O2. The van der Waals surface area contributed by atoms with Crippen LogP contribution in [0, 0.1) is 0 Å². The summed E-state index contributed by atoms with van der Waals surface area (Å²) < 4.78 is 6.78. The Labute approximate surface area is 106 Å². The SMILES string of the molecule is COCC(=O)N[C@H](C)c1nc2ccccc2n1C. The van der Waals surface area contributed by atoms with E-state index in [9.17, 15) is 4.79 Å². The number of amides is 1. The highest BCUT2D eigenvalue weighted by atomic mass is 16.5. The molecule has 0 saturated carbocycles. The van der Waals surface area contributed by atoms with Crippen molar-refractivity contribution < 1.29 is 9.53 Å². The Balaban J connectivity index is 2.25. The fraction of sp³-hybridized carbons (Fsp3) is 0.385. The monoisotopic (exact) mass is 247 g/mol. The van der Waals surface area contributed by atoms with Gasteiger partial charge in [0.15, 0.2) is 0 Å². The number of nitrogens with one attached hydrogen (secondary N) is 1. The van der Waals surface area contributed by atoms with E-state index in [4.69, 9.17) is 4.74 Å². The van der Waals surface area contributed by atoms with Crippen LogP contribution in [-0.2, 0) is 16.6 Å². The molecule has 0 unspecified atom stereocenters. The van der Waals surface area contributed by atoms with Crippen LogP contribution in [0.4, 0.5) is 0 Å². The molecule has 2 rings (SSSR count). The van der Waals surface area contributed by atoms with Gasteiger partial charge in [0.1, 0.15) is 12.4 Å². The van der Waals surface area contributed by atoms with E-state index in [0.29, 0.717) is 0 Å². The van der Waals surface area contributed by atoms with E-state index in [1.807, 2.05) is 42.8 Å². The van der Waals surface area contributed by atoms with Crippen molar-refractivity contribution in [2.45, 2.75) is 13.0 Å². The van der Waals surface area contributed by atoms with Crippen LogP contribution in [0.3, 0.4) is 0 Å². The summed E-state index contributed by atoms with van der Waals surface area (Å²) in [6, 6.07) is 7.75. The number of fused-ring (bicyclic) bond motifs is 1. The van der Waals surface area contributed by atoms with Crippen LogP contribution < -0.4 is 5.32 Å². The molecule has 5 heteroatoms. The Kier molecular flexibility index (Phi) is 3.62. The second-order valence-corrected chi connectivity index (χ2v) is 4.24. The fourth-order valence-corrected chi connectivity index (χ4v) is 2.03. The van der Waals surface area contributed by atoms with E-state index in [1.54, 1.807) is 0 Å². The lowest BCUT2D eigenvalue weighted by Crippen LogP contribution is -2.31. The fourth-order valence-electron chi connectivity index (χ4n) is 2.03. The molecule has 2 aromatic rings. The van der Waals surface area contributed by atoms with Crippen LogP contribution in [0.1, 0.15) is 18.8 Å². The maximum atomic E-state index is 11.5. The van der Waals surface area contributed by atoms with Gasteiger partial charge >= 0.3 is 0 Å². The van der Waals surface area contributed by atoms with Gasteiger partial charge in [0, 0.05) is 14.2 Å². The van der Waals surface area contributed by atoms with Gasteiger partial charge in [-0.3, -0.25) is 4.79 Å². The van der Waals surface area contributed by atoms with Gasteiger partial charge in [0.2, 0.25) is 5.91 Å². The molecule has 0 spiro atoms. The van der Waals surface area contributed by atoms with Crippen molar-refractivity contribution >= 4 is 16.9 Å². The van der Waals surface area contributed by atoms with Crippen molar-refractivity contribution in [2.24, 2.45) is 7.05 Å². The van der Waals surface area contributed by atoms with E-state index < -0.39 is 0 Å². The molecule has 1 aromatic carbocycles. The number of imidazole rings is 1. The third-order valence-corrected chi connectivity index (χ3v) is 2.86. The van der Waals surface area contributed by atoms with Gasteiger partial charge in [-0.25, -0.2) is 4.98 Å². The van der Waals surface area contributed by atoms with Gasteiger partial charge < -0.3 is 14.6 Å². The van der Waals surface area contributed by atoms with Gasteiger partial charge in [0.25, 0.3) is 0 Å². The molecule has 0 aliphatic carbocycles. The summed E-state index contributed by atoms with van der Waals surface area (Å²) in [4.78, 5) is 16.0. The third-order valence-electron chi connectivity index (χ3n) is 2.86. The normalized spacial score (nSPS) is 12.6. The predicted molar refractivity (Wildman–Crippen MR) is 69.1 cm³/mol. The van der Waals surface area contributed by atoms with E-state index in [2.05, 4.69) is 10.3 Å². The third kappa shape index (κ3) is 2.36. The molecule has 5 nitrogen and oxygen atoms in total.